The van der Waals surface area contributed by atoms with Crippen LogP contribution in [0.5, 0.6) is 0 Å². The lowest BCUT2D eigenvalue weighted by Crippen LogP contribution is -2.33. The summed E-state index contributed by atoms with van der Waals surface area (Å²) in [5.74, 6) is -0.330. The summed E-state index contributed by atoms with van der Waals surface area (Å²) in [4.78, 5) is 36.7. The molecule has 0 N–H and O–H groups in total. The summed E-state index contributed by atoms with van der Waals surface area (Å²) in [5, 5.41) is 0. The van der Waals surface area contributed by atoms with Gasteiger partial charge in [0.05, 0.1) is 5.57 Å². The number of hydrogen-bond donors (Lipinski definition) is 0. The number of carbonyl (C=O) groups excluding carboxylic acids is 3. The summed E-state index contributed by atoms with van der Waals surface area (Å²) in [6.45, 7) is 7.69. The Morgan fingerprint density at radius 1 is 1.11 bits per heavy atom. The minimum atomic E-state index is -0.473. The summed E-state index contributed by atoms with van der Waals surface area (Å²) in [5.41, 5.74) is 0.532. The number of carbonyl (C=O) groups is 3. The second kappa shape index (κ2) is 3.01. The molecule has 0 heterocycles. The van der Waals surface area contributed by atoms with Crippen molar-refractivity contribution >= 4 is 17.3 Å². The van der Waals surface area contributed by atoms with E-state index in [1.54, 1.807) is 0 Å². The molecule has 1 fully saturated rings. The van der Waals surface area contributed by atoms with Gasteiger partial charge >= 0.3 is 0 Å². The zero-order valence-corrected chi connectivity index (χ0v) is 11.3. The van der Waals surface area contributed by atoms with Crippen molar-refractivity contribution in [2.24, 2.45) is 22.7 Å². The van der Waals surface area contributed by atoms with Crippen LogP contribution in [0.25, 0.3) is 0 Å². The Morgan fingerprint density at radius 3 is 2.33 bits per heavy atom. The molecule has 0 aromatic rings. The van der Waals surface area contributed by atoms with Gasteiger partial charge in [0.2, 0.25) is 0 Å². The maximum Gasteiger partial charge on any atom is 0.172 e. The van der Waals surface area contributed by atoms with Crippen LogP contribution >= 0.6 is 0 Å². The molecule has 3 rings (SSSR count). The first-order chi connectivity index (χ1) is 8.21. The van der Waals surface area contributed by atoms with Gasteiger partial charge < -0.3 is 0 Å². The minimum absolute atomic E-state index is 0.0160. The van der Waals surface area contributed by atoms with Crippen molar-refractivity contribution in [1.82, 2.24) is 0 Å². The molecule has 1 saturated carbocycles. The van der Waals surface area contributed by atoms with E-state index in [0.717, 1.165) is 5.57 Å². The van der Waals surface area contributed by atoms with E-state index in [4.69, 9.17) is 0 Å². The molecule has 0 aliphatic heterocycles. The molecular formula is C15H18O3. The van der Waals surface area contributed by atoms with E-state index in [2.05, 4.69) is 0 Å². The third kappa shape index (κ3) is 1.04. The SMILES string of the molecule is CC1C(=O)CC2C(=O)C3=C(CC(C)(C)C3=O)C12C. The fraction of sp³-hybridized carbons (Fsp3) is 0.667. The Kier molecular flexibility index (Phi) is 1.98. The first kappa shape index (κ1) is 11.8. The average Bonchev–Trinajstić information content (AvgIpc) is 2.74. The molecule has 0 amide bonds. The molecule has 18 heavy (non-hydrogen) atoms. The average molecular weight is 246 g/mol. The van der Waals surface area contributed by atoms with Gasteiger partial charge in [-0.25, -0.2) is 0 Å². The number of allylic oxidation sites excluding steroid dienone is 2. The molecule has 3 unspecified atom stereocenters. The second-order valence-electron chi connectivity index (χ2n) is 6.83. The summed E-state index contributed by atoms with van der Waals surface area (Å²) in [7, 11) is 0. The molecule has 0 aromatic heterocycles. The Bertz CT molecular complexity index is 538. The van der Waals surface area contributed by atoms with E-state index in [9.17, 15) is 14.4 Å². The second-order valence-corrected chi connectivity index (χ2v) is 6.83. The zero-order valence-electron chi connectivity index (χ0n) is 11.3. The normalized spacial score (nSPS) is 41.7. The van der Waals surface area contributed by atoms with Crippen molar-refractivity contribution in [2.45, 2.75) is 40.5 Å². The number of rotatable bonds is 0. The summed E-state index contributed by atoms with van der Waals surface area (Å²) < 4.78 is 0. The molecule has 0 spiro atoms. The molecule has 3 heteroatoms. The third-order valence-electron chi connectivity index (χ3n) is 5.49. The molecule has 96 valence electrons. The highest BCUT2D eigenvalue weighted by Crippen LogP contribution is 2.62. The van der Waals surface area contributed by atoms with Gasteiger partial charge in [0.15, 0.2) is 11.6 Å². The Balaban J connectivity index is 2.18. The molecular weight excluding hydrogens is 228 g/mol. The number of fused-ring (bicyclic) bond motifs is 2. The molecule has 0 radical (unpaired) electrons. The van der Waals surface area contributed by atoms with Gasteiger partial charge in [-0.15, -0.1) is 0 Å². The van der Waals surface area contributed by atoms with Crippen molar-refractivity contribution < 1.29 is 14.4 Å². The molecule has 0 bridgehead atoms. The van der Waals surface area contributed by atoms with Crippen molar-refractivity contribution in [3.63, 3.8) is 0 Å². The monoisotopic (exact) mass is 246 g/mol. The molecule has 0 saturated heterocycles. The molecule has 3 aliphatic rings. The van der Waals surface area contributed by atoms with Crippen LogP contribution in [0.15, 0.2) is 11.1 Å². The summed E-state index contributed by atoms with van der Waals surface area (Å²) in [6, 6.07) is 0. The lowest BCUT2D eigenvalue weighted by molar-refractivity contribution is -0.128. The van der Waals surface area contributed by atoms with Gasteiger partial charge in [0, 0.05) is 29.1 Å². The molecule has 3 aliphatic carbocycles. The van der Waals surface area contributed by atoms with Crippen LogP contribution in [0.2, 0.25) is 0 Å². The van der Waals surface area contributed by atoms with E-state index in [-0.39, 0.29) is 29.2 Å². The van der Waals surface area contributed by atoms with Gasteiger partial charge in [-0.05, 0) is 12.0 Å². The van der Waals surface area contributed by atoms with Gasteiger partial charge in [-0.3, -0.25) is 14.4 Å². The lowest BCUT2D eigenvalue weighted by atomic mass is 9.69. The van der Waals surface area contributed by atoms with Crippen LogP contribution in [0.4, 0.5) is 0 Å². The molecule has 3 atom stereocenters. The van der Waals surface area contributed by atoms with Crippen molar-refractivity contribution in [2.75, 3.05) is 0 Å². The standard InChI is InChI=1S/C15H18O3/c1-7-10(16)5-8-12(17)11-9(15(7,8)4)6-14(2,3)13(11)18/h7-8H,5-6H2,1-4H3. The van der Waals surface area contributed by atoms with E-state index in [0.29, 0.717) is 18.4 Å². The summed E-state index contributed by atoms with van der Waals surface area (Å²) >= 11 is 0. The predicted octanol–water partition coefficient (Wildman–Crippen LogP) is 2.10. The quantitative estimate of drug-likeness (QED) is 0.615. The zero-order chi connectivity index (χ0) is 13.5. The fourth-order valence-electron chi connectivity index (χ4n) is 4.04. The Labute approximate surface area is 107 Å². The maximum absolute atomic E-state index is 12.4. The van der Waals surface area contributed by atoms with Crippen LogP contribution in [0.3, 0.4) is 0 Å². The van der Waals surface area contributed by atoms with Crippen LogP contribution in [-0.4, -0.2) is 17.3 Å². The minimum Gasteiger partial charge on any atom is -0.299 e. The predicted molar refractivity (Wildman–Crippen MR) is 65.8 cm³/mol. The summed E-state index contributed by atoms with van der Waals surface area (Å²) in [6.07, 6.45) is 0.953. The van der Waals surface area contributed by atoms with Crippen LogP contribution in [0.1, 0.15) is 40.5 Å². The highest BCUT2D eigenvalue weighted by Gasteiger charge is 2.64. The van der Waals surface area contributed by atoms with E-state index >= 15 is 0 Å². The first-order valence-corrected chi connectivity index (χ1v) is 6.56. The maximum atomic E-state index is 12.4. The molecule has 3 nitrogen and oxygen atoms in total. The van der Waals surface area contributed by atoms with Crippen LogP contribution < -0.4 is 0 Å². The van der Waals surface area contributed by atoms with Gasteiger partial charge in [0.1, 0.15) is 5.78 Å². The highest BCUT2D eigenvalue weighted by atomic mass is 16.2. The van der Waals surface area contributed by atoms with Crippen LogP contribution in [-0.2, 0) is 14.4 Å². The van der Waals surface area contributed by atoms with Gasteiger partial charge in [-0.1, -0.05) is 27.7 Å². The first-order valence-electron chi connectivity index (χ1n) is 6.56. The number of ketones is 3. The fourth-order valence-corrected chi connectivity index (χ4v) is 4.04. The third-order valence-corrected chi connectivity index (χ3v) is 5.49. The number of hydrogen-bond acceptors (Lipinski definition) is 3. The largest absolute Gasteiger partial charge is 0.299 e. The van der Waals surface area contributed by atoms with Gasteiger partial charge in [0.25, 0.3) is 0 Å². The van der Waals surface area contributed by atoms with Crippen LogP contribution in [0, 0.1) is 22.7 Å². The van der Waals surface area contributed by atoms with E-state index in [1.807, 2.05) is 27.7 Å². The topological polar surface area (TPSA) is 51.2 Å². The van der Waals surface area contributed by atoms with Crippen molar-refractivity contribution in [1.29, 1.82) is 0 Å². The van der Waals surface area contributed by atoms with Crippen molar-refractivity contribution in [3.8, 4) is 0 Å². The Hall–Kier alpha value is -1.25. The van der Waals surface area contributed by atoms with E-state index < -0.39 is 10.8 Å². The Morgan fingerprint density at radius 2 is 1.72 bits per heavy atom. The number of Topliss-reactive ketones (excluding diaryl/α,β-unsaturated/α-hetero) is 3. The van der Waals surface area contributed by atoms with Crippen molar-refractivity contribution in [3.05, 3.63) is 11.1 Å². The smallest absolute Gasteiger partial charge is 0.172 e. The van der Waals surface area contributed by atoms with E-state index in [1.165, 1.54) is 0 Å². The van der Waals surface area contributed by atoms with Gasteiger partial charge in [-0.2, -0.15) is 0 Å². The highest BCUT2D eigenvalue weighted by molar-refractivity contribution is 6.28. The molecule has 0 aromatic carbocycles. The lowest BCUT2D eigenvalue weighted by Gasteiger charge is -2.32.